The van der Waals surface area contributed by atoms with E-state index in [1.165, 1.54) is 29.2 Å². The van der Waals surface area contributed by atoms with Gasteiger partial charge in [0.05, 0.1) is 0 Å². The van der Waals surface area contributed by atoms with Crippen LogP contribution in [0.2, 0.25) is 0 Å². The molecule has 2 N–H and O–H groups in total. The van der Waals surface area contributed by atoms with Crippen molar-refractivity contribution >= 4 is 23.6 Å². The smallest absolute Gasteiger partial charge is 0.310 e. The van der Waals surface area contributed by atoms with Crippen LogP contribution in [0, 0.1) is 5.41 Å². The van der Waals surface area contributed by atoms with Gasteiger partial charge in [-0.05, 0) is 36.4 Å². The minimum absolute atomic E-state index is 0.0353. The average molecular weight is 303 g/mol. The summed E-state index contributed by atoms with van der Waals surface area (Å²) in [5.41, 5.74) is -3.71. The highest BCUT2D eigenvalue weighted by atomic mass is 32.2. The Labute approximate surface area is 117 Å². The first-order valence-electron chi connectivity index (χ1n) is 5.83. The third kappa shape index (κ3) is 3.06. The van der Waals surface area contributed by atoms with Crippen LogP contribution >= 0.6 is 11.8 Å². The lowest BCUT2D eigenvalue weighted by atomic mass is 10.1. The summed E-state index contributed by atoms with van der Waals surface area (Å²) in [6.07, 6.45) is 0. The molecule has 1 aliphatic rings. The van der Waals surface area contributed by atoms with Crippen molar-refractivity contribution in [2.45, 2.75) is 23.4 Å². The Bertz CT molecular complexity index is 530. The number of halogens is 3. The molecule has 1 aliphatic heterocycles. The second-order valence-electron chi connectivity index (χ2n) is 4.15. The molecule has 1 aromatic rings. The maximum Gasteiger partial charge on any atom is 0.446 e. The van der Waals surface area contributed by atoms with Crippen molar-refractivity contribution < 1.29 is 18.0 Å². The van der Waals surface area contributed by atoms with Crippen molar-refractivity contribution in [3.63, 3.8) is 0 Å². The third-order valence-electron chi connectivity index (χ3n) is 2.86. The fraction of sp³-hybridized carbons (Fsp3) is 0.333. The molecule has 1 fully saturated rings. The van der Waals surface area contributed by atoms with Crippen LogP contribution in [0.1, 0.15) is 18.5 Å². The molecular formula is C12H12F3N3OS. The van der Waals surface area contributed by atoms with E-state index in [9.17, 15) is 18.0 Å². The number of rotatable bonds is 3. The Kier molecular flexibility index (Phi) is 3.94. The Balaban J connectivity index is 2.21. The van der Waals surface area contributed by atoms with Gasteiger partial charge in [0, 0.05) is 11.4 Å². The van der Waals surface area contributed by atoms with Gasteiger partial charge in [0.1, 0.15) is 11.9 Å². The molecule has 8 heteroatoms. The highest BCUT2D eigenvalue weighted by molar-refractivity contribution is 8.00. The summed E-state index contributed by atoms with van der Waals surface area (Å²) in [6, 6.07) is 4.79. The Hall–Kier alpha value is -1.70. The zero-order valence-electron chi connectivity index (χ0n) is 10.5. The van der Waals surface area contributed by atoms with Crippen molar-refractivity contribution in [3.8, 4) is 0 Å². The first kappa shape index (κ1) is 14.7. The number of alkyl halides is 3. The molecule has 0 saturated carbocycles. The van der Waals surface area contributed by atoms with Gasteiger partial charge in [-0.15, -0.1) is 0 Å². The molecular weight excluding hydrogens is 291 g/mol. The van der Waals surface area contributed by atoms with Crippen LogP contribution in [0.4, 0.5) is 18.0 Å². The first-order chi connectivity index (χ1) is 9.31. The number of amides is 2. The van der Waals surface area contributed by atoms with Gasteiger partial charge >= 0.3 is 11.5 Å². The fourth-order valence-corrected chi connectivity index (χ4v) is 2.59. The van der Waals surface area contributed by atoms with Gasteiger partial charge in [0.15, 0.2) is 0 Å². The van der Waals surface area contributed by atoms with Crippen LogP contribution in [-0.2, 0) is 0 Å². The van der Waals surface area contributed by atoms with Gasteiger partial charge < -0.3 is 4.90 Å². The first-order valence-corrected chi connectivity index (χ1v) is 6.65. The van der Waals surface area contributed by atoms with Crippen LogP contribution in [0.5, 0.6) is 0 Å². The highest BCUT2D eigenvalue weighted by Crippen LogP contribution is 2.37. The zero-order valence-corrected chi connectivity index (χ0v) is 11.3. The van der Waals surface area contributed by atoms with Gasteiger partial charge in [-0.1, -0.05) is 12.1 Å². The summed E-state index contributed by atoms with van der Waals surface area (Å²) in [4.78, 5) is 13.1. The summed E-state index contributed by atoms with van der Waals surface area (Å²) in [7, 11) is 0. The summed E-state index contributed by atoms with van der Waals surface area (Å²) in [5, 5.41) is 10.2. The monoisotopic (exact) mass is 303 g/mol. The SMILES string of the molecule is CCN1C(=O)NC(=N)C1c1ccc(SC(F)(F)F)cc1. The molecule has 1 unspecified atom stereocenters. The number of carbonyl (C=O) groups is 1. The topological polar surface area (TPSA) is 56.2 Å². The Morgan fingerprint density at radius 1 is 1.35 bits per heavy atom. The van der Waals surface area contributed by atoms with E-state index in [0.29, 0.717) is 12.1 Å². The second kappa shape index (κ2) is 5.35. The van der Waals surface area contributed by atoms with E-state index in [-0.39, 0.29) is 28.5 Å². The quantitative estimate of drug-likeness (QED) is 0.841. The van der Waals surface area contributed by atoms with E-state index in [2.05, 4.69) is 5.32 Å². The number of nitrogens with one attached hydrogen (secondary N) is 2. The lowest BCUT2D eigenvalue weighted by Crippen LogP contribution is -2.29. The lowest BCUT2D eigenvalue weighted by Gasteiger charge is -2.21. The standard InChI is InChI=1S/C12H12F3N3OS/c1-2-18-9(10(16)17-11(18)19)7-3-5-8(6-4-7)20-12(13,14)15/h3-6,9H,2H2,1H3,(H2,16,17,19). The van der Waals surface area contributed by atoms with Crippen molar-refractivity contribution in [2.75, 3.05) is 6.54 Å². The summed E-state index contributed by atoms with van der Waals surface area (Å²) < 4.78 is 36.7. The molecule has 0 radical (unpaired) electrons. The number of amidine groups is 1. The van der Waals surface area contributed by atoms with Gasteiger partial charge in [-0.2, -0.15) is 13.2 Å². The summed E-state index contributed by atoms with van der Waals surface area (Å²) in [6.45, 7) is 2.19. The predicted octanol–water partition coefficient (Wildman–Crippen LogP) is 3.36. The zero-order chi connectivity index (χ0) is 14.9. The van der Waals surface area contributed by atoms with E-state index in [1.54, 1.807) is 6.92 Å². The number of urea groups is 1. The number of likely N-dealkylation sites (N-methyl/N-ethyl adjacent to an activating group) is 1. The van der Waals surface area contributed by atoms with Crippen molar-refractivity contribution in [1.82, 2.24) is 10.2 Å². The molecule has 0 spiro atoms. The molecule has 108 valence electrons. The summed E-state index contributed by atoms with van der Waals surface area (Å²) >= 11 is -0.190. The molecule has 2 rings (SSSR count). The van der Waals surface area contributed by atoms with E-state index in [0.717, 1.165) is 0 Å². The minimum Gasteiger partial charge on any atom is -0.310 e. The lowest BCUT2D eigenvalue weighted by molar-refractivity contribution is -0.0328. The second-order valence-corrected chi connectivity index (χ2v) is 5.29. The number of benzene rings is 1. The number of hydrogen-bond donors (Lipinski definition) is 2. The number of thioether (sulfide) groups is 1. The van der Waals surface area contributed by atoms with Gasteiger partial charge in [-0.3, -0.25) is 10.7 Å². The van der Waals surface area contributed by atoms with Crippen LogP contribution in [0.3, 0.4) is 0 Å². The predicted molar refractivity (Wildman–Crippen MR) is 69.7 cm³/mol. The van der Waals surface area contributed by atoms with Gasteiger partial charge in [-0.25, -0.2) is 4.79 Å². The summed E-state index contributed by atoms with van der Waals surface area (Å²) in [5.74, 6) is 0.0353. The molecule has 1 aromatic carbocycles. The average Bonchev–Trinajstić information content (AvgIpc) is 2.62. The van der Waals surface area contributed by atoms with Crippen LogP contribution in [-0.4, -0.2) is 28.8 Å². The largest absolute Gasteiger partial charge is 0.446 e. The third-order valence-corrected chi connectivity index (χ3v) is 3.60. The maximum absolute atomic E-state index is 12.2. The van der Waals surface area contributed by atoms with E-state index in [1.807, 2.05) is 0 Å². The van der Waals surface area contributed by atoms with Crippen LogP contribution in [0.25, 0.3) is 0 Å². The molecule has 0 aliphatic carbocycles. The van der Waals surface area contributed by atoms with Gasteiger partial charge in [0.25, 0.3) is 0 Å². The number of carbonyl (C=O) groups excluding carboxylic acids is 1. The van der Waals surface area contributed by atoms with E-state index in [4.69, 9.17) is 5.41 Å². The van der Waals surface area contributed by atoms with Crippen LogP contribution in [0.15, 0.2) is 29.2 Å². The molecule has 1 heterocycles. The molecule has 20 heavy (non-hydrogen) atoms. The molecule has 2 amide bonds. The van der Waals surface area contributed by atoms with Gasteiger partial charge in [0.2, 0.25) is 0 Å². The fourth-order valence-electron chi connectivity index (χ4n) is 2.05. The number of nitrogens with zero attached hydrogens (tertiary/aromatic N) is 1. The molecule has 1 saturated heterocycles. The van der Waals surface area contributed by atoms with Crippen LogP contribution < -0.4 is 5.32 Å². The Morgan fingerprint density at radius 3 is 2.45 bits per heavy atom. The van der Waals surface area contributed by atoms with Crippen molar-refractivity contribution in [2.24, 2.45) is 0 Å². The normalized spacial score (nSPS) is 19.4. The Morgan fingerprint density at radius 2 is 1.95 bits per heavy atom. The minimum atomic E-state index is -4.32. The van der Waals surface area contributed by atoms with E-state index < -0.39 is 11.6 Å². The molecule has 4 nitrogen and oxygen atoms in total. The van der Waals surface area contributed by atoms with E-state index >= 15 is 0 Å². The van der Waals surface area contributed by atoms with Crippen molar-refractivity contribution in [1.29, 1.82) is 5.41 Å². The number of hydrogen-bond acceptors (Lipinski definition) is 3. The highest BCUT2D eigenvalue weighted by Gasteiger charge is 2.35. The molecule has 0 aromatic heterocycles. The maximum atomic E-state index is 12.2. The molecule has 0 bridgehead atoms. The molecule has 1 atom stereocenters. The van der Waals surface area contributed by atoms with Crippen molar-refractivity contribution in [3.05, 3.63) is 29.8 Å².